The zero-order chi connectivity index (χ0) is 19.9. The first-order valence-corrected chi connectivity index (χ1v) is 10.7. The number of rotatable bonds is 7. The molecule has 0 aliphatic heterocycles. The van der Waals surface area contributed by atoms with E-state index in [1.54, 1.807) is 29.8 Å². The highest BCUT2D eigenvalue weighted by Gasteiger charge is 2.42. The minimum absolute atomic E-state index is 0. The van der Waals surface area contributed by atoms with Crippen LogP contribution in [0.15, 0.2) is 23.2 Å². The van der Waals surface area contributed by atoms with Crippen molar-refractivity contribution in [2.75, 3.05) is 33.9 Å². The first-order valence-electron chi connectivity index (χ1n) is 9.34. The van der Waals surface area contributed by atoms with E-state index in [0.29, 0.717) is 19.0 Å². The van der Waals surface area contributed by atoms with Crippen LogP contribution in [0.1, 0.15) is 36.8 Å². The molecule has 1 aromatic carbocycles. The van der Waals surface area contributed by atoms with E-state index < -0.39 is 0 Å². The molecular formula is C20H32FIN4OS. The van der Waals surface area contributed by atoms with Crippen molar-refractivity contribution < 1.29 is 9.18 Å². The third-order valence-electron chi connectivity index (χ3n) is 5.15. The summed E-state index contributed by atoms with van der Waals surface area (Å²) < 4.78 is 13.5. The highest BCUT2D eigenvalue weighted by molar-refractivity contribution is 14.0. The van der Waals surface area contributed by atoms with E-state index in [4.69, 9.17) is 0 Å². The van der Waals surface area contributed by atoms with Crippen LogP contribution in [0.4, 0.5) is 4.39 Å². The van der Waals surface area contributed by atoms with Crippen molar-refractivity contribution in [2.24, 2.45) is 10.4 Å². The Balaban J connectivity index is 0.00000392. The van der Waals surface area contributed by atoms with Gasteiger partial charge in [-0.05, 0) is 42.4 Å². The molecule has 1 aliphatic carbocycles. The van der Waals surface area contributed by atoms with Gasteiger partial charge < -0.3 is 15.5 Å². The molecule has 0 aromatic heterocycles. The van der Waals surface area contributed by atoms with Crippen molar-refractivity contribution in [3.05, 3.63) is 35.1 Å². The third kappa shape index (κ3) is 6.50. The Labute approximate surface area is 189 Å². The molecule has 0 heterocycles. The van der Waals surface area contributed by atoms with Gasteiger partial charge in [0, 0.05) is 40.0 Å². The van der Waals surface area contributed by atoms with Crippen LogP contribution in [0, 0.1) is 11.2 Å². The Kier molecular flexibility index (Phi) is 10.6. The molecule has 0 unspecified atom stereocenters. The van der Waals surface area contributed by atoms with E-state index in [2.05, 4.69) is 15.6 Å². The molecular weight excluding hydrogens is 490 g/mol. The number of hydrogen-bond donors (Lipinski definition) is 2. The van der Waals surface area contributed by atoms with Crippen LogP contribution in [0.2, 0.25) is 0 Å². The fraction of sp³-hybridized carbons (Fsp3) is 0.600. The summed E-state index contributed by atoms with van der Waals surface area (Å²) in [6.07, 6.45) is 5.99. The molecule has 0 radical (unpaired) electrons. The molecule has 1 saturated carbocycles. The van der Waals surface area contributed by atoms with Gasteiger partial charge >= 0.3 is 0 Å². The average Bonchev–Trinajstić information content (AvgIpc) is 3.13. The Hall–Kier alpha value is -1.03. The summed E-state index contributed by atoms with van der Waals surface area (Å²) in [5, 5.41) is 6.63. The van der Waals surface area contributed by atoms with E-state index in [1.165, 1.54) is 6.07 Å². The van der Waals surface area contributed by atoms with Crippen LogP contribution < -0.4 is 10.6 Å². The monoisotopic (exact) mass is 522 g/mol. The maximum Gasteiger partial charge on any atom is 0.230 e. The van der Waals surface area contributed by atoms with Crippen LogP contribution >= 0.6 is 35.7 Å². The van der Waals surface area contributed by atoms with Crippen LogP contribution in [0.3, 0.4) is 0 Å². The molecule has 0 atom stereocenters. The summed E-state index contributed by atoms with van der Waals surface area (Å²) in [7, 11) is 5.35. The normalized spacial score (nSPS) is 15.7. The largest absolute Gasteiger partial charge is 0.355 e. The van der Waals surface area contributed by atoms with Gasteiger partial charge in [-0.25, -0.2) is 4.39 Å². The Bertz CT molecular complexity index is 678. The van der Waals surface area contributed by atoms with E-state index in [1.807, 2.05) is 26.4 Å². The van der Waals surface area contributed by atoms with Gasteiger partial charge in [-0.15, -0.1) is 24.0 Å². The van der Waals surface area contributed by atoms with Gasteiger partial charge in [-0.3, -0.25) is 9.79 Å². The summed E-state index contributed by atoms with van der Waals surface area (Å²) in [5.41, 5.74) is 1.69. The topological polar surface area (TPSA) is 56.7 Å². The lowest BCUT2D eigenvalue weighted by Crippen LogP contribution is -2.49. The van der Waals surface area contributed by atoms with Gasteiger partial charge in [-0.1, -0.05) is 18.9 Å². The number of amides is 1. The highest BCUT2D eigenvalue weighted by Crippen LogP contribution is 2.38. The zero-order valence-corrected chi connectivity index (χ0v) is 20.3. The Morgan fingerprint density at radius 3 is 2.50 bits per heavy atom. The Morgan fingerprint density at radius 2 is 1.93 bits per heavy atom. The Morgan fingerprint density at radius 1 is 1.25 bits per heavy atom. The first-order chi connectivity index (χ1) is 12.9. The summed E-state index contributed by atoms with van der Waals surface area (Å²) in [5.74, 6) is 1.40. The fourth-order valence-corrected chi connectivity index (χ4v) is 4.28. The minimum Gasteiger partial charge on any atom is -0.355 e. The summed E-state index contributed by atoms with van der Waals surface area (Å²) in [4.78, 5) is 18.7. The number of nitrogens with one attached hydrogen (secondary N) is 2. The highest BCUT2D eigenvalue weighted by atomic mass is 127. The van der Waals surface area contributed by atoms with E-state index in [-0.39, 0.29) is 41.1 Å². The molecule has 0 saturated heterocycles. The minimum atomic E-state index is -0.346. The number of hydrogen-bond acceptors (Lipinski definition) is 3. The van der Waals surface area contributed by atoms with Gasteiger partial charge in [0.2, 0.25) is 5.91 Å². The number of benzene rings is 1. The molecule has 158 valence electrons. The van der Waals surface area contributed by atoms with E-state index in [0.717, 1.165) is 42.6 Å². The maximum atomic E-state index is 13.5. The van der Waals surface area contributed by atoms with Crippen LogP contribution in [-0.4, -0.2) is 50.7 Å². The van der Waals surface area contributed by atoms with Gasteiger partial charge in [0.1, 0.15) is 5.82 Å². The van der Waals surface area contributed by atoms with Crippen molar-refractivity contribution in [1.29, 1.82) is 0 Å². The second-order valence-electron chi connectivity index (χ2n) is 7.31. The third-order valence-corrected chi connectivity index (χ3v) is 5.75. The molecule has 1 fully saturated rings. The van der Waals surface area contributed by atoms with E-state index in [9.17, 15) is 9.18 Å². The zero-order valence-electron chi connectivity index (χ0n) is 17.2. The van der Waals surface area contributed by atoms with Crippen LogP contribution in [0.25, 0.3) is 0 Å². The van der Waals surface area contributed by atoms with Crippen molar-refractivity contribution >= 4 is 47.6 Å². The van der Waals surface area contributed by atoms with Crippen molar-refractivity contribution in [2.45, 2.75) is 38.0 Å². The van der Waals surface area contributed by atoms with Gasteiger partial charge in [0.25, 0.3) is 0 Å². The van der Waals surface area contributed by atoms with E-state index >= 15 is 0 Å². The SMILES string of the molecule is CN=C(NCc1ccc(F)cc1CSC)NCC1(C(=O)N(C)C)CCCC1.I. The molecule has 1 aliphatic rings. The summed E-state index contributed by atoms with van der Waals surface area (Å²) in [6, 6.07) is 4.89. The number of halogens is 2. The molecule has 0 spiro atoms. The fourth-order valence-electron chi connectivity index (χ4n) is 3.70. The number of nitrogens with zero attached hydrogens (tertiary/aromatic N) is 2. The quantitative estimate of drug-likeness (QED) is 0.327. The number of aliphatic imine (C=N–C) groups is 1. The van der Waals surface area contributed by atoms with Gasteiger partial charge in [-0.2, -0.15) is 11.8 Å². The lowest BCUT2D eigenvalue weighted by molar-refractivity contribution is -0.138. The van der Waals surface area contributed by atoms with Crippen molar-refractivity contribution in [3.8, 4) is 0 Å². The molecule has 5 nitrogen and oxygen atoms in total. The standard InChI is InChI=1S/C20H31FN4OS.HI/c1-22-19(23-12-15-7-8-17(21)11-16(15)13-27-4)24-14-20(9-5-6-10-20)18(26)25(2)3;/h7-8,11H,5-6,9-10,12-14H2,1-4H3,(H2,22,23,24);1H. The molecule has 1 amide bonds. The number of guanidine groups is 1. The number of carbonyl (C=O) groups excluding carboxylic acids is 1. The maximum absolute atomic E-state index is 13.5. The van der Waals surface area contributed by atoms with Crippen molar-refractivity contribution in [3.63, 3.8) is 0 Å². The molecule has 2 N–H and O–H groups in total. The number of carbonyl (C=O) groups is 1. The van der Waals surface area contributed by atoms with Crippen LogP contribution in [0.5, 0.6) is 0 Å². The second kappa shape index (κ2) is 11.8. The van der Waals surface area contributed by atoms with Gasteiger partial charge in [0.05, 0.1) is 5.41 Å². The number of thioether (sulfide) groups is 1. The smallest absolute Gasteiger partial charge is 0.230 e. The second-order valence-corrected chi connectivity index (χ2v) is 8.18. The van der Waals surface area contributed by atoms with Gasteiger partial charge in [0.15, 0.2) is 5.96 Å². The summed E-state index contributed by atoms with van der Waals surface area (Å²) in [6.45, 7) is 1.13. The first kappa shape index (κ1) is 25.0. The van der Waals surface area contributed by atoms with Crippen LogP contribution in [-0.2, 0) is 17.1 Å². The summed E-state index contributed by atoms with van der Waals surface area (Å²) >= 11 is 1.67. The molecule has 0 bridgehead atoms. The average molecular weight is 522 g/mol. The molecule has 1 aromatic rings. The lowest BCUT2D eigenvalue weighted by atomic mass is 9.84. The predicted octanol–water partition coefficient (Wildman–Crippen LogP) is 3.62. The lowest BCUT2D eigenvalue weighted by Gasteiger charge is -2.31. The molecule has 28 heavy (non-hydrogen) atoms. The molecule has 2 rings (SSSR count). The van der Waals surface area contributed by atoms with Crippen molar-refractivity contribution in [1.82, 2.24) is 15.5 Å². The molecule has 8 heteroatoms. The predicted molar refractivity (Wildman–Crippen MR) is 127 cm³/mol.